The van der Waals surface area contributed by atoms with Gasteiger partial charge in [-0.15, -0.1) is 0 Å². The number of aryl methyl sites for hydroxylation is 1. The molecular weight excluding hydrogens is 302 g/mol. The summed E-state index contributed by atoms with van der Waals surface area (Å²) in [5.41, 5.74) is 2.37. The van der Waals surface area contributed by atoms with Crippen LogP contribution in [0.25, 0.3) is 10.9 Å². The van der Waals surface area contributed by atoms with Crippen molar-refractivity contribution in [1.29, 1.82) is 5.26 Å². The van der Waals surface area contributed by atoms with E-state index in [1.165, 1.54) is 0 Å². The number of carbonyl (C=O) groups is 1. The van der Waals surface area contributed by atoms with Crippen LogP contribution in [0.5, 0.6) is 0 Å². The van der Waals surface area contributed by atoms with Gasteiger partial charge < -0.3 is 14.6 Å². The molecule has 0 atom stereocenters. The lowest BCUT2D eigenvalue weighted by molar-refractivity contribution is 0.0697. The van der Waals surface area contributed by atoms with Gasteiger partial charge in [0.15, 0.2) is 0 Å². The van der Waals surface area contributed by atoms with Crippen LogP contribution in [0.15, 0.2) is 24.3 Å². The Hall–Kier alpha value is -2.32. The lowest BCUT2D eigenvalue weighted by Gasteiger charge is -2.31. The van der Waals surface area contributed by atoms with Crippen molar-refractivity contribution >= 4 is 16.9 Å². The number of fused-ring (bicyclic) bond motifs is 1. The number of hydrogen-bond acceptors (Lipinski definition) is 3. The number of carboxylic acid groups (broad SMARTS) is 1. The van der Waals surface area contributed by atoms with E-state index in [-0.39, 0.29) is 0 Å². The number of para-hydroxylation sites is 1. The molecule has 0 saturated carbocycles. The molecule has 0 amide bonds. The monoisotopic (exact) mass is 325 g/mol. The van der Waals surface area contributed by atoms with Gasteiger partial charge in [0.25, 0.3) is 0 Å². The molecule has 126 valence electrons. The van der Waals surface area contributed by atoms with Crippen LogP contribution in [0.3, 0.4) is 0 Å². The molecule has 0 spiro atoms. The minimum Gasteiger partial charge on any atom is -0.478 e. The summed E-state index contributed by atoms with van der Waals surface area (Å²) in [5.74, 6) is -0.335. The molecular formula is C19H23N3O2. The predicted octanol–water partition coefficient (Wildman–Crippen LogP) is 3.04. The first-order chi connectivity index (χ1) is 11.6. The number of carboxylic acids is 1. The molecule has 2 heterocycles. The summed E-state index contributed by atoms with van der Waals surface area (Å²) < 4.78 is 2.04. The van der Waals surface area contributed by atoms with Gasteiger partial charge in [-0.1, -0.05) is 18.2 Å². The fourth-order valence-corrected chi connectivity index (χ4v) is 3.82. The first-order valence-corrected chi connectivity index (χ1v) is 8.50. The van der Waals surface area contributed by atoms with Crippen molar-refractivity contribution in [3.8, 4) is 6.07 Å². The van der Waals surface area contributed by atoms with Crippen LogP contribution in [0, 0.1) is 17.2 Å². The third kappa shape index (κ3) is 3.15. The second-order valence-corrected chi connectivity index (χ2v) is 6.60. The van der Waals surface area contributed by atoms with E-state index in [0.29, 0.717) is 17.9 Å². The lowest BCUT2D eigenvalue weighted by atomic mass is 9.90. The van der Waals surface area contributed by atoms with Crippen molar-refractivity contribution in [3.63, 3.8) is 0 Å². The highest BCUT2D eigenvalue weighted by atomic mass is 16.4. The quantitative estimate of drug-likeness (QED) is 0.917. The average molecular weight is 325 g/mol. The third-order valence-corrected chi connectivity index (χ3v) is 5.17. The molecule has 0 bridgehead atoms. The first-order valence-electron chi connectivity index (χ1n) is 8.50. The van der Waals surface area contributed by atoms with E-state index in [2.05, 4.69) is 11.0 Å². The molecule has 1 saturated heterocycles. The van der Waals surface area contributed by atoms with Crippen molar-refractivity contribution < 1.29 is 9.90 Å². The summed E-state index contributed by atoms with van der Waals surface area (Å²) in [7, 11) is 1.96. The molecule has 2 aromatic rings. The van der Waals surface area contributed by atoms with E-state index in [1.807, 2.05) is 35.9 Å². The average Bonchev–Trinajstić information content (AvgIpc) is 2.87. The number of piperidine rings is 1. The second-order valence-electron chi connectivity index (χ2n) is 6.60. The van der Waals surface area contributed by atoms with Crippen LogP contribution < -0.4 is 0 Å². The number of nitrogens with zero attached hydrogens (tertiary/aromatic N) is 3. The number of rotatable bonds is 5. The Kier molecular flexibility index (Phi) is 4.86. The van der Waals surface area contributed by atoms with Gasteiger partial charge in [0.2, 0.25) is 0 Å². The standard InChI is InChI=1S/C19H23N3O2/c1-21-16-6-3-2-5-15(16)18(19(23)24)17(21)13-14-7-11-22(12-8-14)10-4-9-20/h2-3,5-6,14H,4,7-8,10-13H2,1H3,(H,23,24). The Morgan fingerprint density at radius 1 is 1.33 bits per heavy atom. The molecule has 24 heavy (non-hydrogen) atoms. The summed E-state index contributed by atoms with van der Waals surface area (Å²) in [6.45, 7) is 2.84. The zero-order valence-corrected chi connectivity index (χ0v) is 14.0. The van der Waals surface area contributed by atoms with E-state index >= 15 is 0 Å². The molecule has 1 aliphatic heterocycles. The fourth-order valence-electron chi connectivity index (χ4n) is 3.82. The third-order valence-electron chi connectivity index (χ3n) is 5.17. The Labute approximate surface area is 142 Å². The Balaban J connectivity index is 1.79. The van der Waals surface area contributed by atoms with Crippen LogP contribution in [-0.4, -0.2) is 40.2 Å². The van der Waals surface area contributed by atoms with Crippen LogP contribution in [0.4, 0.5) is 0 Å². The summed E-state index contributed by atoms with van der Waals surface area (Å²) in [6, 6.07) is 9.92. The topological polar surface area (TPSA) is 69.3 Å². The molecule has 1 N–H and O–H groups in total. The number of nitriles is 1. The van der Waals surface area contributed by atoms with Crippen LogP contribution in [-0.2, 0) is 13.5 Å². The predicted molar refractivity (Wildman–Crippen MR) is 93.0 cm³/mol. The number of hydrogen-bond donors (Lipinski definition) is 1. The Morgan fingerprint density at radius 3 is 2.71 bits per heavy atom. The van der Waals surface area contributed by atoms with Gasteiger partial charge in [0.1, 0.15) is 0 Å². The van der Waals surface area contributed by atoms with E-state index in [4.69, 9.17) is 5.26 Å². The maximum atomic E-state index is 11.8. The smallest absolute Gasteiger partial charge is 0.338 e. The largest absolute Gasteiger partial charge is 0.478 e. The normalized spacial score (nSPS) is 16.3. The van der Waals surface area contributed by atoms with E-state index < -0.39 is 5.97 Å². The maximum absolute atomic E-state index is 11.8. The van der Waals surface area contributed by atoms with Crippen LogP contribution in [0.1, 0.15) is 35.3 Å². The lowest BCUT2D eigenvalue weighted by Crippen LogP contribution is -2.35. The number of likely N-dealkylation sites (tertiary alicyclic amines) is 1. The summed E-state index contributed by atoms with van der Waals surface area (Å²) >= 11 is 0. The van der Waals surface area contributed by atoms with Crippen LogP contribution in [0.2, 0.25) is 0 Å². The molecule has 3 rings (SSSR count). The Bertz CT molecular complexity index is 780. The van der Waals surface area contributed by atoms with Crippen molar-refractivity contribution in [3.05, 3.63) is 35.5 Å². The highest BCUT2D eigenvalue weighted by molar-refractivity contribution is 6.05. The molecule has 5 heteroatoms. The minimum absolute atomic E-state index is 0.458. The van der Waals surface area contributed by atoms with Gasteiger partial charge in [-0.3, -0.25) is 0 Å². The van der Waals surface area contributed by atoms with Crippen molar-refractivity contribution in [2.45, 2.75) is 25.7 Å². The molecule has 1 aromatic carbocycles. The van der Waals surface area contributed by atoms with E-state index in [1.54, 1.807) is 0 Å². The number of aromatic carboxylic acids is 1. The molecule has 1 fully saturated rings. The van der Waals surface area contributed by atoms with Gasteiger partial charge >= 0.3 is 5.97 Å². The molecule has 5 nitrogen and oxygen atoms in total. The van der Waals surface area contributed by atoms with Gasteiger partial charge in [0.05, 0.1) is 11.6 Å². The second kappa shape index (κ2) is 7.06. The van der Waals surface area contributed by atoms with Gasteiger partial charge in [-0.25, -0.2) is 4.79 Å². The molecule has 1 aromatic heterocycles. The maximum Gasteiger partial charge on any atom is 0.338 e. The highest BCUT2D eigenvalue weighted by Gasteiger charge is 2.25. The van der Waals surface area contributed by atoms with Gasteiger partial charge in [-0.05, 0) is 44.3 Å². The van der Waals surface area contributed by atoms with Crippen molar-refractivity contribution in [1.82, 2.24) is 9.47 Å². The first kappa shape index (κ1) is 16.5. The highest BCUT2D eigenvalue weighted by Crippen LogP contribution is 2.30. The Morgan fingerprint density at radius 2 is 2.04 bits per heavy atom. The number of aromatic nitrogens is 1. The van der Waals surface area contributed by atoms with Crippen molar-refractivity contribution in [2.24, 2.45) is 13.0 Å². The SMILES string of the molecule is Cn1c(CC2CCN(CCC#N)CC2)c(C(=O)O)c2ccccc21. The zero-order valence-electron chi connectivity index (χ0n) is 14.0. The summed E-state index contributed by atoms with van der Waals surface area (Å²) in [6.07, 6.45) is 3.51. The zero-order chi connectivity index (χ0) is 17.1. The molecule has 0 radical (unpaired) electrons. The minimum atomic E-state index is -0.840. The molecule has 1 aliphatic rings. The van der Waals surface area contributed by atoms with Crippen molar-refractivity contribution in [2.75, 3.05) is 19.6 Å². The van der Waals surface area contributed by atoms with Gasteiger partial charge in [-0.2, -0.15) is 5.26 Å². The summed E-state index contributed by atoms with van der Waals surface area (Å²) in [5, 5.41) is 19.2. The molecule has 0 unspecified atom stereocenters. The number of benzene rings is 1. The van der Waals surface area contributed by atoms with Gasteiger partial charge in [0, 0.05) is 36.6 Å². The van der Waals surface area contributed by atoms with E-state index in [0.717, 1.165) is 55.5 Å². The van der Waals surface area contributed by atoms with Crippen LogP contribution >= 0.6 is 0 Å². The fraction of sp³-hybridized carbons (Fsp3) is 0.474. The summed E-state index contributed by atoms with van der Waals surface area (Å²) in [4.78, 5) is 14.1. The van der Waals surface area contributed by atoms with E-state index in [9.17, 15) is 9.90 Å². The molecule has 0 aliphatic carbocycles.